The molecule has 168 valence electrons. The van der Waals surface area contributed by atoms with E-state index in [9.17, 15) is 22.0 Å². The first kappa shape index (κ1) is 23.0. The summed E-state index contributed by atoms with van der Waals surface area (Å²) in [5.74, 6) is -1.14. The molecule has 0 aliphatic carbocycles. The van der Waals surface area contributed by atoms with Crippen LogP contribution in [0.25, 0.3) is 0 Å². The molecule has 6 nitrogen and oxygen atoms in total. The number of hydrogen-bond donors (Lipinski definition) is 0. The number of rotatable bonds is 6. The van der Waals surface area contributed by atoms with Gasteiger partial charge in [0.05, 0.1) is 17.1 Å². The number of sulfone groups is 1. The summed E-state index contributed by atoms with van der Waals surface area (Å²) in [6.07, 6.45) is 1.08. The molecule has 0 spiro atoms. The number of halogens is 2. The molecule has 1 aliphatic heterocycles. The van der Waals surface area contributed by atoms with E-state index in [1.807, 2.05) is 13.8 Å². The molecule has 1 amide bonds. The van der Waals surface area contributed by atoms with E-state index in [1.54, 1.807) is 9.80 Å². The second-order valence-corrected chi connectivity index (χ2v) is 10.0. The standard InChI is InChI=1S/C22H26F2N2O4S/c1-15(2)14-30-20-8-7-16(31(3,28)29)13-17(20)22(27)26-11-9-25(10-12-26)21-18(23)5-4-6-19(21)24/h4-8,13,15H,9-12,14H2,1-3H3. The van der Waals surface area contributed by atoms with Crippen molar-refractivity contribution in [1.82, 2.24) is 4.90 Å². The minimum atomic E-state index is -3.51. The Balaban J connectivity index is 1.82. The lowest BCUT2D eigenvalue weighted by Crippen LogP contribution is -2.49. The Morgan fingerprint density at radius 3 is 2.23 bits per heavy atom. The molecular weight excluding hydrogens is 426 g/mol. The quantitative estimate of drug-likeness (QED) is 0.672. The molecule has 1 aliphatic rings. The number of hydrogen-bond acceptors (Lipinski definition) is 5. The van der Waals surface area contributed by atoms with Gasteiger partial charge < -0.3 is 14.5 Å². The van der Waals surface area contributed by atoms with E-state index < -0.39 is 21.5 Å². The van der Waals surface area contributed by atoms with Crippen LogP contribution in [0.3, 0.4) is 0 Å². The van der Waals surface area contributed by atoms with Crippen LogP contribution in [0.1, 0.15) is 24.2 Å². The van der Waals surface area contributed by atoms with Gasteiger partial charge in [-0.3, -0.25) is 4.79 Å². The van der Waals surface area contributed by atoms with E-state index in [0.717, 1.165) is 6.26 Å². The van der Waals surface area contributed by atoms with Gasteiger partial charge in [-0.2, -0.15) is 0 Å². The zero-order valence-electron chi connectivity index (χ0n) is 17.8. The molecular formula is C22H26F2N2O4S. The molecule has 0 saturated carbocycles. The summed E-state index contributed by atoms with van der Waals surface area (Å²) in [5.41, 5.74) is 0.0590. The normalized spacial score (nSPS) is 14.8. The molecule has 1 heterocycles. The number of benzene rings is 2. The number of carbonyl (C=O) groups excluding carboxylic acids is 1. The Kier molecular flexibility index (Phi) is 6.83. The second-order valence-electron chi connectivity index (χ2n) is 7.98. The third kappa shape index (κ3) is 5.33. The maximum absolute atomic E-state index is 14.1. The summed E-state index contributed by atoms with van der Waals surface area (Å²) >= 11 is 0. The van der Waals surface area contributed by atoms with Crippen LogP contribution in [0.15, 0.2) is 41.3 Å². The fraction of sp³-hybridized carbons (Fsp3) is 0.409. The highest BCUT2D eigenvalue weighted by molar-refractivity contribution is 7.90. The Morgan fingerprint density at radius 2 is 1.68 bits per heavy atom. The van der Waals surface area contributed by atoms with Crippen molar-refractivity contribution in [3.8, 4) is 5.75 Å². The predicted molar refractivity (Wildman–Crippen MR) is 114 cm³/mol. The molecule has 0 N–H and O–H groups in total. The fourth-order valence-electron chi connectivity index (χ4n) is 3.38. The van der Waals surface area contributed by atoms with E-state index in [-0.39, 0.29) is 54.2 Å². The van der Waals surface area contributed by atoms with Crippen LogP contribution >= 0.6 is 0 Å². The SMILES string of the molecule is CC(C)COc1ccc(S(C)(=O)=O)cc1C(=O)N1CCN(c2c(F)cccc2F)CC1. The van der Waals surface area contributed by atoms with Crippen molar-refractivity contribution in [3.05, 3.63) is 53.6 Å². The minimum Gasteiger partial charge on any atom is -0.492 e. The third-order valence-corrected chi connectivity index (χ3v) is 6.11. The van der Waals surface area contributed by atoms with Crippen molar-refractivity contribution in [2.75, 3.05) is 43.9 Å². The zero-order chi connectivity index (χ0) is 22.8. The number of para-hydroxylation sites is 1. The van der Waals surface area contributed by atoms with Crippen LogP contribution in [0, 0.1) is 17.6 Å². The van der Waals surface area contributed by atoms with Crippen molar-refractivity contribution in [2.24, 2.45) is 5.92 Å². The number of amides is 1. The summed E-state index contributed by atoms with van der Waals surface area (Å²) < 4.78 is 57.9. The molecule has 0 bridgehead atoms. The summed E-state index contributed by atoms with van der Waals surface area (Å²) in [4.78, 5) is 16.3. The summed E-state index contributed by atoms with van der Waals surface area (Å²) in [6, 6.07) is 7.95. The van der Waals surface area contributed by atoms with Gasteiger partial charge in [-0.05, 0) is 36.2 Å². The molecule has 1 saturated heterocycles. The maximum Gasteiger partial charge on any atom is 0.257 e. The number of carbonyl (C=O) groups is 1. The molecule has 9 heteroatoms. The number of piperazine rings is 1. The molecule has 0 aromatic heterocycles. The maximum atomic E-state index is 14.1. The van der Waals surface area contributed by atoms with Crippen LogP contribution in [-0.4, -0.2) is 58.3 Å². The first-order valence-corrected chi connectivity index (χ1v) is 11.9. The minimum absolute atomic E-state index is 0.0276. The smallest absolute Gasteiger partial charge is 0.257 e. The van der Waals surface area contributed by atoms with Crippen LogP contribution in [0.2, 0.25) is 0 Å². The monoisotopic (exact) mass is 452 g/mol. The van der Waals surface area contributed by atoms with Crippen LogP contribution in [-0.2, 0) is 9.84 Å². The zero-order valence-corrected chi connectivity index (χ0v) is 18.6. The largest absolute Gasteiger partial charge is 0.492 e. The van der Waals surface area contributed by atoms with Gasteiger partial charge in [0, 0.05) is 32.4 Å². The van der Waals surface area contributed by atoms with E-state index >= 15 is 0 Å². The first-order chi connectivity index (χ1) is 14.6. The van der Waals surface area contributed by atoms with Gasteiger partial charge in [0.15, 0.2) is 9.84 Å². The van der Waals surface area contributed by atoms with E-state index in [2.05, 4.69) is 0 Å². The lowest BCUT2D eigenvalue weighted by atomic mass is 10.1. The van der Waals surface area contributed by atoms with Crippen LogP contribution in [0.4, 0.5) is 14.5 Å². The summed E-state index contributed by atoms with van der Waals surface area (Å²) in [5, 5.41) is 0. The molecule has 1 fully saturated rings. The van der Waals surface area contributed by atoms with Gasteiger partial charge in [0.1, 0.15) is 23.1 Å². The molecule has 31 heavy (non-hydrogen) atoms. The fourth-order valence-corrected chi connectivity index (χ4v) is 4.03. The molecule has 0 radical (unpaired) electrons. The average Bonchev–Trinajstić information content (AvgIpc) is 2.71. The highest BCUT2D eigenvalue weighted by atomic mass is 32.2. The van der Waals surface area contributed by atoms with Crippen molar-refractivity contribution < 1.29 is 26.7 Å². The Hall–Kier alpha value is -2.68. The summed E-state index contributed by atoms with van der Waals surface area (Å²) in [7, 11) is -3.51. The van der Waals surface area contributed by atoms with E-state index in [0.29, 0.717) is 12.4 Å². The van der Waals surface area contributed by atoms with Gasteiger partial charge in [0.25, 0.3) is 5.91 Å². The lowest BCUT2D eigenvalue weighted by Gasteiger charge is -2.36. The Morgan fingerprint density at radius 1 is 1.06 bits per heavy atom. The van der Waals surface area contributed by atoms with Crippen molar-refractivity contribution in [1.29, 1.82) is 0 Å². The average molecular weight is 453 g/mol. The Labute approximate surface area is 181 Å². The second kappa shape index (κ2) is 9.21. The topological polar surface area (TPSA) is 66.9 Å². The van der Waals surface area contributed by atoms with E-state index in [4.69, 9.17) is 4.74 Å². The highest BCUT2D eigenvalue weighted by Crippen LogP contribution is 2.27. The van der Waals surface area contributed by atoms with Gasteiger partial charge in [-0.15, -0.1) is 0 Å². The molecule has 0 unspecified atom stereocenters. The molecule has 0 atom stereocenters. The number of anilines is 1. The number of nitrogens with zero attached hydrogens (tertiary/aromatic N) is 2. The molecule has 3 rings (SSSR count). The predicted octanol–water partition coefficient (Wildman–Crippen LogP) is 3.37. The van der Waals surface area contributed by atoms with Gasteiger partial charge >= 0.3 is 0 Å². The van der Waals surface area contributed by atoms with Crippen molar-refractivity contribution >= 4 is 21.4 Å². The molecule has 2 aromatic carbocycles. The van der Waals surface area contributed by atoms with Crippen LogP contribution < -0.4 is 9.64 Å². The van der Waals surface area contributed by atoms with Gasteiger partial charge in [-0.25, -0.2) is 17.2 Å². The number of ether oxygens (including phenoxy) is 1. The van der Waals surface area contributed by atoms with E-state index in [1.165, 1.54) is 36.4 Å². The first-order valence-electron chi connectivity index (χ1n) is 10.0. The van der Waals surface area contributed by atoms with Crippen LogP contribution in [0.5, 0.6) is 5.75 Å². The Bertz CT molecular complexity index is 1040. The molecule has 2 aromatic rings. The van der Waals surface area contributed by atoms with Gasteiger partial charge in [0.2, 0.25) is 0 Å². The van der Waals surface area contributed by atoms with Crippen molar-refractivity contribution in [3.63, 3.8) is 0 Å². The third-order valence-electron chi connectivity index (χ3n) is 5.00. The van der Waals surface area contributed by atoms with Gasteiger partial charge in [-0.1, -0.05) is 19.9 Å². The summed E-state index contributed by atoms with van der Waals surface area (Å²) in [6.45, 7) is 5.27. The highest BCUT2D eigenvalue weighted by Gasteiger charge is 2.28. The van der Waals surface area contributed by atoms with Crippen molar-refractivity contribution in [2.45, 2.75) is 18.7 Å². The lowest BCUT2D eigenvalue weighted by molar-refractivity contribution is 0.0741.